The van der Waals surface area contributed by atoms with Gasteiger partial charge in [-0.2, -0.15) is 0 Å². The fourth-order valence-electron chi connectivity index (χ4n) is 6.99. The van der Waals surface area contributed by atoms with Crippen LogP contribution in [0.3, 0.4) is 0 Å². The maximum absolute atomic E-state index is 12.7. The highest BCUT2D eigenvalue weighted by molar-refractivity contribution is 5.92. The lowest BCUT2D eigenvalue weighted by atomic mass is 9.49. The third kappa shape index (κ3) is 2.89. The van der Waals surface area contributed by atoms with E-state index in [-0.39, 0.29) is 35.4 Å². The average Bonchev–Trinajstić information content (AvgIpc) is 2.97. The van der Waals surface area contributed by atoms with Gasteiger partial charge in [-0.25, -0.2) is 0 Å². The van der Waals surface area contributed by atoms with Crippen LogP contribution in [0.1, 0.15) is 65.2 Å². The molecule has 0 spiro atoms. The van der Waals surface area contributed by atoms with E-state index in [1.807, 2.05) is 0 Å². The molecular formula is C22H30O5. The van der Waals surface area contributed by atoms with E-state index in [4.69, 9.17) is 4.74 Å². The Morgan fingerprint density at radius 2 is 1.93 bits per heavy atom. The van der Waals surface area contributed by atoms with E-state index >= 15 is 0 Å². The van der Waals surface area contributed by atoms with Gasteiger partial charge in [-0.3, -0.25) is 14.4 Å². The minimum absolute atomic E-state index is 0.0482. The van der Waals surface area contributed by atoms with Crippen LogP contribution in [-0.4, -0.2) is 34.9 Å². The number of ketones is 2. The summed E-state index contributed by atoms with van der Waals surface area (Å²) in [5.74, 6) is 0.759. The van der Waals surface area contributed by atoms with Crippen molar-refractivity contribution in [3.05, 3.63) is 11.6 Å². The fraction of sp³-hybridized carbons (Fsp3) is 0.773. The molecule has 148 valence electrons. The molecule has 0 heterocycles. The Morgan fingerprint density at radius 3 is 2.67 bits per heavy atom. The Morgan fingerprint density at radius 1 is 1.15 bits per heavy atom. The maximum atomic E-state index is 12.7. The number of hydrogen-bond donors (Lipinski definition) is 1. The van der Waals surface area contributed by atoms with Crippen molar-refractivity contribution < 1.29 is 24.2 Å². The summed E-state index contributed by atoms with van der Waals surface area (Å²) in [4.78, 5) is 35.6. The normalized spacial score (nSPS) is 43.2. The van der Waals surface area contributed by atoms with Crippen molar-refractivity contribution in [1.82, 2.24) is 0 Å². The van der Waals surface area contributed by atoms with Gasteiger partial charge in [0.2, 0.25) is 0 Å². The largest absolute Gasteiger partial charge is 0.458 e. The van der Waals surface area contributed by atoms with Crippen LogP contribution in [0.5, 0.6) is 0 Å². The first-order chi connectivity index (χ1) is 12.8. The molecule has 0 aromatic carbocycles. The van der Waals surface area contributed by atoms with Crippen LogP contribution < -0.4 is 0 Å². The molecule has 5 heteroatoms. The van der Waals surface area contributed by atoms with Gasteiger partial charge in [0, 0.05) is 19.3 Å². The van der Waals surface area contributed by atoms with E-state index < -0.39 is 11.6 Å². The third-order valence-corrected chi connectivity index (χ3v) is 8.25. The van der Waals surface area contributed by atoms with Gasteiger partial charge in [0.25, 0.3) is 0 Å². The monoisotopic (exact) mass is 374 g/mol. The van der Waals surface area contributed by atoms with E-state index in [2.05, 4.69) is 6.92 Å². The Kier molecular flexibility index (Phi) is 4.57. The second-order valence-corrected chi connectivity index (χ2v) is 9.40. The smallest absolute Gasteiger partial charge is 0.303 e. The van der Waals surface area contributed by atoms with Crippen molar-refractivity contribution in [3.63, 3.8) is 0 Å². The SMILES string of the molecule is CC(=O)OCC(=O)C1CCC2C3CCC4=CC(=O)CC[C@]4(O)C3CC[C@]12C. The molecule has 4 rings (SSSR count). The lowest BCUT2D eigenvalue weighted by Gasteiger charge is -2.56. The van der Waals surface area contributed by atoms with Crippen molar-refractivity contribution in [1.29, 1.82) is 0 Å². The molecule has 0 aromatic heterocycles. The zero-order valence-corrected chi connectivity index (χ0v) is 16.3. The van der Waals surface area contributed by atoms with Crippen LogP contribution in [0.2, 0.25) is 0 Å². The Hall–Kier alpha value is -1.49. The summed E-state index contributed by atoms with van der Waals surface area (Å²) in [5, 5.41) is 11.5. The van der Waals surface area contributed by atoms with Gasteiger partial charge in [0.15, 0.2) is 11.6 Å². The maximum Gasteiger partial charge on any atom is 0.303 e. The molecule has 0 saturated heterocycles. The third-order valence-electron chi connectivity index (χ3n) is 8.25. The molecule has 4 unspecified atom stereocenters. The summed E-state index contributed by atoms with van der Waals surface area (Å²) in [5.41, 5.74) is 0.0578. The number of aliphatic hydroxyl groups is 1. The lowest BCUT2D eigenvalue weighted by molar-refractivity contribution is -0.150. The van der Waals surface area contributed by atoms with E-state index in [1.165, 1.54) is 6.92 Å². The topological polar surface area (TPSA) is 80.7 Å². The van der Waals surface area contributed by atoms with E-state index in [9.17, 15) is 19.5 Å². The highest BCUT2D eigenvalue weighted by Gasteiger charge is 2.60. The Balaban J connectivity index is 1.56. The number of esters is 1. The standard InChI is InChI=1S/C22H30O5/c1-13(23)27-12-20(25)19-6-5-17-16-4-3-14-11-15(24)7-10-22(14,26)18(16)8-9-21(17,19)2/h11,16-19,26H,3-10,12H2,1-2H3/t16?,17?,18?,19?,21-,22+/m0/s1. The second-order valence-electron chi connectivity index (χ2n) is 9.40. The molecule has 4 aliphatic carbocycles. The summed E-state index contributed by atoms with van der Waals surface area (Å²) in [6.07, 6.45) is 8.15. The molecule has 3 saturated carbocycles. The van der Waals surface area contributed by atoms with Gasteiger partial charge in [0.05, 0.1) is 5.60 Å². The van der Waals surface area contributed by atoms with Crippen LogP contribution >= 0.6 is 0 Å². The summed E-state index contributed by atoms with van der Waals surface area (Å²) < 4.78 is 4.98. The number of hydrogen-bond acceptors (Lipinski definition) is 5. The molecule has 5 nitrogen and oxygen atoms in total. The van der Waals surface area contributed by atoms with Crippen molar-refractivity contribution in [3.8, 4) is 0 Å². The van der Waals surface area contributed by atoms with Crippen molar-refractivity contribution in [2.24, 2.45) is 29.1 Å². The van der Waals surface area contributed by atoms with Gasteiger partial charge in [-0.1, -0.05) is 6.92 Å². The van der Waals surface area contributed by atoms with Crippen LogP contribution in [0, 0.1) is 29.1 Å². The molecule has 0 bridgehead atoms. The molecule has 6 atom stereocenters. The fourth-order valence-corrected chi connectivity index (χ4v) is 6.99. The van der Waals surface area contributed by atoms with Crippen molar-refractivity contribution >= 4 is 17.5 Å². The molecule has 0 aromatic rings. The molecule has 27 heavy (non-hydrogen) atoms. The summed E-state index contributed by atoms with van der Waals surface area (Å²) in [6.45, 7) is 3.45. The number of rotatable bonds is 3. The summed E-state index contributed by atoms with van der Waals surface area (Å²) in [6, 6.07) is 0. The number of carbonyl (C=O) groups is 3. The molecule has 0 radical (unpaired) electrons. The highest BCUT2D eigenvalue weighted by atomic mass is 16.5. The minimum Gasteiger partial charge on any atom is -0.458 e. The van der Waals surface area contributed by atoms with Gasteiger partial charge in [-0.05, 0) is 79.8 Å². The molecular weight excluding hydrogens is 344 g/mol. The molecule has 4 aliphatic rings. The zero-order chi connectivity index (χ0) is 19.4. The molecule has 0 amide bonds. The zero-order valence-electron chi connectivity index (χ0n) is 16.3. The molecule has 1 N–H and O–H groups in total. The van der Waals surface area contributed by atoms with Crippen LogP contribution in [0.25, 0.3) is 0 Å². The predicted molar refractivity (Wildman–Crippen MR) is 98.7 cm³/mol. The number of Topliss-reactive ketones (excluding diaryl/α,β-unsaturated/α-hetero) is 1. The van der Waals surface area contributed by atoms with E-state index in [0.29, 0.717) is 24.7 Å². The minimum atomic E-state index is -0.821. The first kappa shape index (κ1) is 18.9. The Bertz CT molecular complexity index is 709. The van der Waals surface area contributed by atoms with Crippen LogP contribution in [0.4, 0.5) is 0 Å². The predicted octanol–water partition coefficient (Wildman–Crippen LogP) is 2.99. The molecule has 0 aliphatic heterocycles. The van der Waals surface area contributed by atoms with E-state index in [0.717, 1.165) is 44.1 Å². The van der Waals surface area contributed by atoms with Crippen LogP contribution in [0.15, 0.2) is 11.6 Å². The quantitative estimate of drug-likeness (QED) is 0.768. The Labute approximate surface area is 160 Å². The van der Waals surface area contributed by atoms with Crippen LogP contribution in [-0.2, 0) is 19.1 Å². The first-order valence-corrected chi connectivity index (χ1v) is 10.4. The number of fused-ring (bicyclic) bond motifs is 5. The summed E-state index contributed by atoms with van der Waals surface area (Å²) >= 11 is 0. The van der Waals surface area contributed by atoms with Gasteiger partial charge >= 0.3 is 5.97 Å². The van der Waals surface area contributed by atoms with Gasteiger partial charge in [0.1, 0.15) is 6.61 Å². The van der Waals surface area contributed by atoms with Gasteiger partial charge < -0.3 is 9.84 Å². The first-order valence-electron chi connectivity index (χ1n) is 10.4. The van der Waals surface area contributed by atoms with Gasteiger partial charge in [-0.15, -0.1) is 0 Å². The highest BCUT2D eigenvalue weighted by Crippen LogP contribution is 2.64. The number of carbonyl (C=O) groups excluding carboxylic acids is 3. The second kappa shape index (κ2) is 6.54. The lowest BCUT2D eigenvalue weighted by Crippen LogP contribution is -2.55. The number of ether oxygens (including phenoxy) is 1. The van der Waals surface area contributed by atoms with Crippen molar-refractivity contribution in [2.45, 2.75) is 70.8 Å². The molecule has 3 fully saturated rings. The summed E-state index contributed by atoms with van der Waals surface area (Å²) in [7, 11) is 0. The average molecular weight is 374 g/mol. The van der Waals surface area contributed by atoms with E-state index in [1.54, 1.807) is 6.08 Å². The van der Waals surface area contributed by atoms with Crippen molar-refractivity contribution in [2.75, 3.05) is 6.61 Å².